The molecule has 0 bridgehead atoms. The molecule has 0 radical (unpaired) electrons. The molecule has 0 N–H and O–H groups in total. The summed E-state index contributed by atoms with van der Waals surface area (Å²) < 4.78 is 10.5. The van der Waals surface area contributed by atoms with Gasteiger partial charge in [-0.3, -0.25) is 4.79 Å². The standard InChI is InChI=1S/C20H23N3O4S/c1-13-17(14(2)27-22-13)12-28-18-9-6-5-8-16(18)20(25)26-15(3)19(24)23(4)11-7-10-21/h5-6,8-9,15H,7,11-12H2,1-4H3/t15-/m0/s1. The van der Waals surface area contributed by atoms with Crippen LogP contribution in [-0.4, -0.2) is 41.6 Å². The average Bonchev–Trinajstić information content (AvgIpc) is 3.01. The zero-order valence-electron chi connectivity index (χ0n) is 16.4. The minimum absolute atomic E-state index is 0.226. The second-order valence-corrected chi connectivity index (χ2v) is 7.32. The lowest BCUT2D eigenvalue weighted by Crippen LogP contribution is -2.38. The Hall–Kier alpha value is -2.79. The van der Waals surface area contributed by atoms with E-state index in [-0.39, 0.29) is 12.3 Å². The van der Waals surface area contributed by atoms with Crippen molar-refractivity contribution in [3.63, 3.8) is 0 Å². The molecule has 1 aromatic heterocycles. The highest BCUT2D eigenvalue weighted by molar-refractivity contribution is 7.98. The van der Waals surface area contributed by atoms with Gasteiger partial charge in [0, 0.05) is 29.8 Å². The molecule has 1 amide bonds. The van der Waals surface area contributed by atoms with Gasteiger partial charge in [-0.1, -0.05) is 17.3 Å². The first-order valence-electron chi connectivity index (χ1n) is 8.81. The zero-order chi connectivity index (χ0) is 20.7. The van der Waals surface area contributed by atoms with Crippen LogP contribution in [0.25, 0.3) is 0 Å². The lowest BCUT2D eigenvalue weighted by Gasteiger charge is -2.20. The molecule has 0 aliphatic carbocycles. The fourth-order valence-corrected chi connectivity index (χ4v) is 3.73. The lowest BCUT2D eigenvalue weighted by atomic mass is 10.2. The molecule has 0 fully saturated rings. The Balaban J connectivity index is 2.05. The number of amides is 1. The highest BCUT2D eigenvalue weighted by atomic mass is 32.2. The first-order chi connectivity index (χ1) is 13.3. The van der Waals surface area contributed by atoms with Gasteiger partial charge in [0.1, 0.15) is 5.76 Å². The molecule has 148 valence electrons. The third kappa shape index (κ3) is 5.36. The van der Waals surface area contributed by atoms with E-state index < -0.39 is 12.1 Å². The van der Waals surface area contributed by atoms with E-state index in [1.54, 1.807) is 19.2 Å². The van der Waals surface area contributed by atoms with E-state index in [2.05, 4.69) is 5.16 Å². The number of likely N-dealkylation sites (N-methyl/N-ethyl adjacent to an activating group) is 1. The SMILES string of the molecule is Cc1noc(C)c1CSc1ccccc1C(=O)O[C@@H](C)C(=O)N(C)CCC#N. The van der Waals surface area contributed by atoms with Gasteiger partial charge in [-0.05, 0) is 32.9 Å². The van der Waals surface area contributed by atoms with Crippen molar-refractivity contribution >= 4 is 23.6 Å². The van der Waals surface area contributed by atoms with E-state index in [0.29, 0.717) is 17.9 Å². The maximum atomic E-state index is 12.6. The molecule has 0 saturated carbocycles. The molecular formula is C20H23N3O4S. The van der Waals surface area contributed by atoms with E-state index in [1.807, 2.05) is 32.0 Å². The highest BCUT2D eigenvalue weighted by Crippen LogP contribution is 2.29. The van der Waals surface area contributed by atoms with Gasteiger partial charge in [-0.2, -0.15) is 5.26 Å². The zero-order valence-corrected chi connectivity index (χ0v) is 17.2. The molecule has 1 aromatic carbocycles. The molecule has 0 spiro atoms. The normalized spacial score (nSPS) is 11.5. The summed E-state index contributed by atoms with van der Waals surface area (Å²) in [5.74, 6) is 0.460. The predicted molar refractivity (Wildman–Crippen MR) is 105 cm³/mol. The molecule has 28 heavy (non-hydrogen) atoms. The fraction of sp³-hybridized carbons (Fsp3) is 0.400. The van der Waals surface area contributed by atoms with Gasteiger partial charge in [0.25, 0.3) is 5.91 Å². The van der Waals surface area contributed by atoms with Crippen LogP contribution in [0.3, 0.4) is 0 Å². The number of esters is 1. The fourth-order valence-electron chi connectivity index (χ4n) is 2.53. The van der Waals surface area contributed by atoms with Crippen molar-refractivity contribution in [2.45, 2.75) is 43.9 Å². The number of aryl methyl sites for hydroxylation is 2. The topological polar surface area (TPSA) is 96.4 Å². The van der Waals surface area contributed by atoms with Crippen LogP contribution in [0.15, 0.2) is 33.7 Å². The molecule has 7 nitrogen and oxygen atoms in total. The summed E-state index contributed by atoms with van der Waals surface area (Å²) in [6.45, 7) is 5.55. The van der Waals surface area contributed by atoms with E-state index >= 15 is 0 Å². The first kappa shape index (κ1) is 21.5. The van der Waals surface area contributed by atoms with Gasteiger partial charge < -0.3 is 14.2 Å². The molecule has 0 aliphatic rings. The number of nitrogens with zero attached hydrogens (tertiary/aromatic N) is 3. The lowest BCUT2D eigenvalue weighted by molar-refractivity contribution is -0.138. The van der Waals surface area contributed by atoms with Crippen molar-refractivity contribution < 1.29 is 18.8 Å². The van der Waals surface area contributed by atoms with Crippen molar-refractivity contribution in [3.05, 3.63) is 46.8 Å². The maximum absolute atomic E-state index is 12.6. The summed E-state index contributed by atoms with van der Waals surface area (Å²) in [6, 6.07) is 9.09. The van der Waals surface area contributed by atoms with Crippen molar-refractivity contribution in [1.82, 2.24) is 10.1 Å². The van der Waals surface area contributed by atoms with Crippen LogP contribution in [0.5, 0.6) is 0 Å². The minimum atomic E-state index is -0.934. The van der Waals surface area contributed by atoms with Gasteiger partial charge in [-0.25, -0.2) is 4.79 Å². The molecule has 1 heterocycles. The monoisotopic (exact) mass is 401 g/mol. The molecule has 2 rings (SSSR count). The highest BCUT2D eigenvalue weighted by Gasteiger charge is 2.23. The number of nitriles is 1. The number of rotatable bonds is 8. The number of carbonyl (C=O) groups excluding carboxylic acids is 2. The molecule has 2 aromatic rings. The van der Waals surface area contributed by atoms with Crippen LogP contribution in [0.4, 0.5) is 0 Å². The van der Waals surface area contributed by atoms with Gasteiger partial charge in [0.15, 0.2) is 6.10 Å². The van der Waals surface area contributed by atoms with Crippen LogP contribution in [-0.2, 0) is 15.3 Å². The quantitative estimate of drug-likeness (QED) is 0.493. The third-order valence-electron chi connectivity index (χ3n) is 4.23. The Labute approximate surface area is 168 Å². The number of aromatic nitrogens is 1. The summed E-state index contributed by atoms with van der Waals surface area (Å²) in [7, 11) is 1.58. The van der Waals surface area contributed by atoms with Crippen molar-refractivity contribution in [2.75, 3.05) is 13.6 Å². The predicted octanol–water partition coefficient (Wildman–Crippen LogP) is 3.50. The van der Waals surface area contributed by atoms with E-state index in [1.165, 1.54) is 23.6 Å². The number of carbonyl (C=O) groups is 2. The number of benzene rings is 1. The number of ether oxygens (including phenoxy) is 1. The van der Waals surface area contributed by atoms with Gasteiger partial charge in [-0.15, -0.1) is 11.8 Å². The van der Waals surface area contributed by atoms with Crippen molar-refractivity contribution in [3.8, 4) is 6.07 Å². The number of hydrogen-bond acceptors (Lipinski definition) is 7. The summed E-state index contributed by atoms with van der Waals surface area (Å²) in [6.07, 6.45) is -0.707. The Morgan fingerprint density at radius 2 is 2.07 bits per heavy atom. The first-order valence-corrected chi connectivity index (χ1v) is 9.80. The summed E-state index contributed by atoms with van der Waals surface area (Å²) in [5, 5.41) is 12.6. The van der Waals surface area contributed by atoms with Crippen LogP contribution in [0, 0.1) is 25.2 Å². The largest absolute Gasteiger partial charge is 0.449 e. The Morgan fingerprint density at radius 1 is 1.36 bits per heavy atom. The van der Waals surface area contributed by atoms with Gasteiger partial charge >= 0.3 is 5.97 Å². The average molecular weight is 401 g/mol. The molecule has 0 aliphatic heterocycles. The third-order valence-corrected chi connectivity index (χ3v) is 5.33. The van der Waals surface area contributed by atoms with Crippen LogP contribution < -0.4 is 0 Å². The van der Waals surface area contributed by atoms with Crippen LogP contribution in [0.2, 0.25) is 0 Å². The van der Waals surface area contributed by atoms with Crippen LogP contribution >= 0.6 is 11.8 Å². The molecular weight excluding hydrogens is 378 g/mol. The molecule has 8 heteroatoms. The van der Waals surface area contributed by atoms with E-state index in [0.717, 1.165) is 21.9 Å². The number of thioether (sulfide) groups is 1. The molecule has 0 unspecified atom stereocenters. The van der Waals surface area contributed by atoms with E-state index in [4.69, 9.17) is 14.5 Å². The summed E-state index contributed by atoms with van der Waals surface area (Å²) in [5.41, 5.74) is 2.22. The minimum Gasteiger partial charge on any atom is -0.449 e. The number of hydrogen-bond donors (Lipinski definition) is 0. The van der Waals surface area contributed by atoms with Crippen molar-refractivity contribution in [2.24, 2.45) is 0 Å². The Morgan fingerprint density at radius 3 is 2.71 bits per heavy atom. The van der Waals surface area contributed by atoms with Crippen molar-refractivity contribution in [1.29, 1.82) is 5.26 Å². The second kappa shape index (κ2) is 9.95. The molecule has 0 saturated heterocycles. The Kier molecular flexibility index (Phi) is 7.64. The van der Waals surface area contributed by atoms with E-state index in [9.17, 15) is 9.59 Å². The van der Waals surface area contributed by atoms with Gasteiger partial charge in [0.05, 0.1) is 23.7 Å². The van der Waals surface area contributed by atoms with Gasteiger partial charge in [0.2, 0.25) is 0 Å². The second-order valence-electron chi connectivity index (χ2n) is 6.30. The van der Waals surface area contributed by atoms with Crippen LogP contribution in [0.1, 0.15) is 40.7 Å². The summed E-state index contributed by atoms with van der Waals surface area (Å²) >= 11 is 1.48. The summed E-state index contributed by atoms with van der Waals surface area (Å²) in [4.78, 5) is 27.0. The maximum Gasteiger partial charge on any atom is 0.340 e. The Bertz CT molecular complexity index is 868. The molecule has 1 atom stereocenters. The smallest absolute Gasteiger partial charge is 0.340 e.